The van der Waals surface area contributed by atoms with Crippen molar-refractivity contribution >= 4 is 28.9 Å². The average Bonchev–Trinajstić information content (AvgIpc) is 2.51. The van der Waals surface area contributed by atoms with Crippen LogP contribution in [0.3, 0.4) is 0 Å². The van der Waals surface area contributed by atoms with Gasteiger partial charge in [-0.2, -0.15) is 0 Å². The molecule has 1 aromatic carbocycles. The Balaban J connectivity index is 1.87. The van der Waals surface area contributed by atoms with Gasteiger partial charge < -0.3 is 15.1 Å². The van der Waals surface area contributed by atoms with E-state index in [2.05, 4.69) is 45.1 Å². The third-order valence-electron chi connectivity index (χ3n) is 4.34. The van der Waals surface area contributed by atoms with Crippen molar-refractivity contribution in [3.63, 3.8) is 0 Å². The summed E-state index contributed by atoms with van der Waals surface area (Å²) in [6.45, 7) is 10.1. The van der Waals surface area contributed by atoms with Crippen molar-refractivity contribution in [2.45, 2.75) is 20.8 Å². The number of halogens is 1. The molecule has 0 amide bonds. The summed E-state index contributed by atoms with van der Waals surface area (Å²) in [4.78, 5) is 13.8. The molecular weight excluding hydrogens is 322 g/mol. The smallest absolute Gasteiger partial charge is 0.136 e. The molecule has 0 atom stereocenters. The lowest BCUT2D eigenvalue weighted by atomic mass is 10.1. The van der Waals surface area contributed by atoms with Gasteiger partial charge in [-0.25, -0.2) is 9.97 Å². The molecule has 0 aliphatic carbocycles. The zero-order valence-corrected chi connectivity index (χ0v) is 15.5. The lowest BCUT2D eigenvalue weighted by Crippen LogP contribution is -2.44. The fraction of sp³-hybridized carbons (Fsp3) is 0.444. The van der Waals surface area contributed by atoms with Crippen LogP contribution in [0.25, 0.3) is 0 Å². The third kappa shape index (κ3) is 3.79. The van der Waals surface area contributed by atoms with Gasteiger partial charge in [0.2, 0.25) is 0 Å². The molecule has 3 rings (SSSR count). The molecule has 1 N–H and O–H groups in total. The largest absolute Gasteiger partial charge is 0.354 e. The molecule has 24 heavy (non-hydrogen) atoms. The summed E-state index contributed by atoms with van der Waals surface area (Å²) in [7, 11) is 2.15. The molecule has 0 saturated carbocycles. The highest BCUT2D eigenvalue weighted by molar-refractivity contribution is 6.33. The van der Waals surface area contributed by atoms with Crippen molar-refractivity contribution in [2.75, 3.05) is 43.4 Å². The van der Waals surface area contributed by atoms with E-state index < -0.39 is 0 Å². The number of aryl methyl sites for hydroxylation is 3. The minimum absolute atomic E-state index is 0.713. The first-order valence-corrected chi connectivity index (χ1v) is 8.63. The van der Waals surface area contributed by atoms with Gasteiger partial charge in [0, 0.05) is 32.2 Å². The third-order valence-corrected chi connectivity index (χ3v) is 4.63. The standard InChI is InChI=1S/C18H24ClN5/c1-12-9-13(2)18(15(19)10-12)22-16-11-17(21-14(3)20-16)24-7-5-23(4)6-8-24/h9-11H,5-8H2,1-4H3,(H,20,21,22). The van der Waals surface area contributed by atoms with Crippen molar-refractivity contribution in [3.05, 3.63) is 40.2 Å². The van der Waals surface area contributed by atoms with Crippen LogP contribution in [0.15, 0.2) is 18.2 Å². The lowest BCUT2D eigenvalue weighted by Gasteiger charge is -2.33. The van der Waals surface area contributed by atoms with E-state index in [1.54, 1.807) is 0 Å². The van der Waals surface area contributed by atoms with Crippen molar-refractivity contribution in [1.82, 2.24) is 14.9 Å². The quantitative estimate of drug-likeness (QED) is 0.921. The molecule has 1 aliphatic heterocycles. The Labute approximate surface area is 148 Å². The Morgan fingerprint density at radius 2 is 1.71 bits per heavy atom. The molecule has 128 valence electrons. The number of anilines is 3. The topological polar surface area (TPSA) is 44.3 Å². The summed E-state index contributed by atoms with van der Waals surface area (Å²) in [6, 6.07) is 6.09. The van der Waals surface area contributed by atoms with Gasteiger partial charge in [0.25, 0.3) is 0 Å². The number of hydrogen-bond acceptors (Lipinski definition) is 5. The number of benzene rings is 1. The van der Waals surface area contributed by atoms with Crippen molar-refractivity contribution in [2.24, 2.45) is 0 Å². The maximum Gasteiger partial charge on any atom is 0.136 e. The second kappa shape index (κ2) is 6.95. The van der Waals surface area contributed by atoms with Gasteiger partial charge in [-0.1, -0.05) is 17.7 Å². The predicted molar refractivity (Wildman–Crippen MR) is 101 cm³/mol. The van der Waals surface area contributed by atoms with Crippen LogP contribution in [0.5, 0.6) is 0 Å². The molecule has 0 radical (unpaired) electrons. The summed E-state index contributed by atoms with van der Waals surface area (Å²) in [5.74, 6) is 2.51. The minimum atomic E-state index is 0.713. The fourth-order valence-electron chi connectivity index (χ4n) is 3.02. The Bertz CT molecular complexity index is 715. The van der Waals surface area contributed by atoms with Crippen LogP contribution in [0.4, 0.5) is 17.3 Å². The van der Waals surface area contributed by atoms with Crippen LogP contribution in [0.2, 0.25) is 5.02 Å². The zero-order valence-electron chi connectivity index (χ0n) is 14.7. The number of likely N-dealkylation sites (N-methyl/N-ethyl adjacent to an activating group) is 1. The van der Waals surface area contributed by atoms with E-state index in [4.69, 9.17) is 11.6 Å². The number of hydrogen-bond donors (Lipinski definition) is 1. The molecule has 0 unspecified atom stereocenters. The van der Waals surface area contributed by atoms with Crippen LogP contribution in [0.1, 0.15) is 17.0 Å². The first-order chi connectivity index (χ1) is 11.4. The molecule has 2 heterocycles. The van der Waals surface area contributed by atoms with Crippen LogP contribution >= 0.6 is 11.6 Å². The van der Waals surface area contributed by atoms with Gasteiger partial charge in [0.1, 0.15) is 17.5 Å². The monoisotopic (exact) mass is 345 g/mol. The maximum absolute atomic E-state index is 6.41. The molecule has 1 saturated heterocycles. The maximum atomic E-state index is 6.41. The molecule has 6 heteroatoms. The SMILES string of the molecule is Cc1cc(C)c(Nc2cc(N3CCN(C)CC3)nc(C)n2)c(Cl)c1. The molecule has 1 fully saturated rings. The zero-order chi connectivity index (χ0) is 17.3. The van der Waals surface area contributed by atoms with E-state index in [1.165, 1.54) is 0 Å². The summed E-state index contributed by atoms with van der Waals surface area (Å²) in [5, 5.41) is 4.09. The Morgan fingerprint density at radius 3 is 2.38 bits per heavy atom. The van der Waals surface area contributed by atoms with E-state index in [1.807, 2.05) is 26.0 Å². The Morgan fingerprint density at radius 1 is 1.00 bits per heavy atom. The van der Waals surface area contributed by atoms with Gasteiger partial charge in [-0.05, 0) is 45.0 Å². The summed E-state index contributed by atoms with van der Waals surface area (Å²) >= 11 is 6.41. The Kier molecular flexibility index (Phi) is 4.92. The fourth-order valence-corrected chi connectivity index (χ4v) is 3.38. The van der Waals surface area contributed by atoms with Crippen molar-refractivity contribution in [1.29, 1.82) is 0 Å². The molecular formula is C18H24ClN5. The van der Waals surface area contributed by atoms with E-state index in [-0.39, 0.29) is 0 Å². The van der Waals surface area contributed by atoms with Gasteiger partial charge in [0.15, 0.2) is 0 Å². The number of nitrogens with one attached hydrogen (secondary N) is 1. The molecule has 2 aromatic rings. The highest BCUT2D eigenvalue weighted by Crippen LogP contribution is 2.30. The summed E-state index contributed by atoms with van der Waals surface area (Å²) in [6.07, 6.45) is 0. The van der Waals surface area contributed by atoms with Crippen molar-refractivity contribution in [3.8, 4) is 0 Å². The second-order valence-electron chi connectivity index (χ2n) is 6.51. The van der Waals surface area contributed by atoms with Crippen LogP contribution in [-0.4, -0.2) is 48.1 Å². The van der Waals surface area contributed by atoms with Crippen molar-refractivity contribution < 1.29 is 0 Å². The number of rotatable bonds is 3. The summed E-state index contributed by atoms with van der Waals surface area (Å²) < 4.78 is 0. The number of aromatic nitrogens is 2. The van der Waals surface area contributed by atoms with Crippen LogP contribution in [0, 0.1) is 20.8 Å². The van der Waals surface area contributed by atoms with E-state index in [0.717, 1.165) is 60.5 Å². The predicted octanol–water partition coefficient (Wildman–Crippen LogP) is 3.55. The summed E-state index contributed by atoms with van der Waals surface area (Å²) in [5.41, 5.74) is 3.17. The number of nitrogens with zero attached hydrogens (tertiary/aromatic N) is 4. The van der Waals surface area contributed by atoms with Crippen LogP contribution in [-0.2, 0) is 0 Å². The van der Waals surface area contributed by atoms with E-state index >= 15 is 0 Å². The molecule has 0 spiro atoms. The molecule has 0 bridgehead atoms. The van der Waals surface area contributed by atoms with E-state index in [9.17, 15) is 0 Å². The number of piperazine rings is 1. The lowest BCUT2D eigenvalue weighted by molar-refractivity contribution is 0.312. The molecule has 5 nitrogen and oxygen atoms in total. The average molecular weight is 346 g/mol. The first-order valence-electron chi connectivity index (χ1n) is 8.25. The molecule has 1 aliphatic rings. The minimum Gasteiger partial charge on any atom is -0.354 e. The van der Waals surface area contributed by atoms with E-state index in [0.29, 0.717) is 5.02 Å². The highest BCUT2D eigenvalue weighted by Gasteiger charge is 2.17. The Hall–Kier alpha value is -1.85. The molecule has 1 aromatic heterocycles. The van der Waals surface area contributed by atoms with Gasteiger partial charge >= 0.3 is 0 Å². The second-order valence-corrected chi connectivity index (χ2v) is 6.92. The first kappa shape index (κ1) is 17.0. The highest BCUT2D eigenvalue weighted by atomic mass is 35.5. The van der Waals surface area contributed by atoms with Gasteiger partial charge in [0.05, 0.1) is 10.7 Å². The van der Waals surface area contributed by atoms with Gasteiger partial charge in [-0.3, -0.25) is 0 Å². The normalized spacial score (nSPS) is 15.6. The van der Waals surface area contributed by atoms with Crippen LogP contribution < -0.4 is 10.2 Å². The van der Waals surface area contributed by atoms with Gasteiger partial charge in [-0.15, -0.1) is 0 Å².